The van der Waals surface area contributed by atoms with Gasteiger partial charge in [0, 0.05) is 4.47 Å². The fourth-order valence-corrected chi connectivity index (χ4v) is 2.40. The molecule has 1 aromatic carbocycles. The van der Waals surface area contributed by atoms with Gasteiger partial charge >= 0.3 is 6.18 Å². The smallest absolute Gasteiger partial charge is 0.411 e. The van der Waals surface area contributed by atoms with E-state index >= 15 is 0 Å². The van der Waals surface area contributed by atoms with Crippen LogP contribution in [0.2, 0.25) is 0 Å². The van der Waals surface area contributed by atoms with Gasteiger partial charge in [0.15, 0.2) is 0 Å². The lowest BCUT2D eigenvalue weighted by molar-refractivity contribution is -0.234. The van der Waals surface area contributed by atoms with Gasteiger partial charge in [0.05, 0.1) is 19.8 Å². The molecule has 2 rings (SSSR count). The van der Waals surface area contributed by atoms with Crippen LogP contribution >= 0.6 is 15.9 Å². The molecule has 0 unspecified atom stereocenters. The van der Waals surface area contributed by atoms with E-state index in [1.807, 2.05) is 12.1 Å². The molecule has 1 fully saturated rings. The first-order chi connectivity index (χ1) is 10.8. The van der Waals surface area contributed by atoms with E-state index in [1.165, 1.54) is 0 Å². The molecule has 1 aliphatic heterocycles. The number of ether oxygens (including phenoxy) is 4. The molecule has 2 atom stereocenters. The Morgan fingerprint density at radius 3 is 2.65 bits per heavy atom. The van der Waals surface area contributed by atoms with Crippen LogP contribution in [0.15, 0.2) is 28.7 Å². The van der Waals surface area contributed by atoms with E-state index in [0.29, 0.717) is 12.4 Å². The Morgan fingerprint density at radius 1 is 1.30 bits per heavy atom. The third-order valence-corrected chi connectivity index (χ3v) is 3.61. The van der Waals surface area contributed by atoms with Crippen LogP contribution in [0.25, 0.3) is 0 Å². The first-order valence-electron chi connectivity index (χ1n) is 7.04. The molecule has 1 aromatic rings. The van der Waals surface area contributed by atoms with Crippen molar-refractivity contribution in [2.45, 2.75) is 24.8 Å². The van der Waals surface area contributed by atoms with Gasteiger partial charge in [-0.3, -0.25) is 0 Å². The first kappa shape index (κ1) is 18.5. The minimum Gasteiger partial charge on any atom is -0.491 e. The highest BCUT2D eigenvalue weighted by molar-refractivity contribution is 9.10. The van der Waals surface area contributed by atoms with Crippen LogP contribution in [0, 0.1) is 0 Å². The van der Waals surface area contributed by atoms with Crippen molar-refractivity contribution in [2.75, 3.05) is 33.0 Å². The van der Waals surface area contributed by atoms with E-state index in [1.54, 1.807) is 19.1 Å². The summed E-state index contributed by atoms with van der Waals surface area (Å²) >= 11 is 3.33. The second-order valence-electron chi connectivity index (χ2n) is 5.58. The lowest BCUT2D eigenvalue weighted by Gasteiger charge is -2.38. The summed E-state index contributed by atoms with van der Waals surface area (Å²) in [5, 5.41) is 0. The number of alkyl halides is 3. The van der Waals surface area contributed by atoms with Crippen LogP contribution < -0.4 is 4.74 Å². The van der Waals surface area contributed by atoms with E-state index in [9.17, 15) is 13.2 Å². The molecule has 0 saturated carbocycles. The van der Waals surface area contributed by atoms with Gasteiger partial charge < -0.3 is 18.9 Å². The summed E-state index contributed by atoms with van der Waals surface area (Å²) in [5.74, 6) is 0.678. The van der Waals surface area contributed by atoms with Crippen molar-refractivity contribution in [3.05, 3.63) is 28.7 Å². The Labute approximate surface area is 141 Å². The minimum absolute atomic E-state index is 0.180. The zero-order valence-corrected chi connectivity index (χ0v) is 14.2. The van der Waals surface area contributed by atoms with Gasteiger partial charge in [0.1, 0.15) is 30.7 Å². The van der Waals surface area contributed by atoms with E-state index in [2.05, 4.69) is 20.7 Å². The summed E-state index contributed by atoms with van der Waals surface area (Å²) in [5.41, 5.74) is -0.919. The average Bonchev–Trinajstić information content (AvgIpc) is 2.45. The maximum absolute atomic E-state index is 12.1. The quantitative estimate of drug-likeness (QED) is 0.733. The molecule has 1 saturated heterocycles. The van der Waals surface area contributed by atoms with Crippen LogP contribution in [0.5, 0.6) is 5.75 Å². The molecule has 23 heavy (non-hydrogen) atoms. The largest absolute Gasteiger partial charge is 0.491 e. The van der Waals surface area contributed by atoms with E-state index in [0.717, 1.165) is 4.47 Å². The number of hydrogen-bond acceptors (Lipinski definition) is 4. The van der Waals surface area contributed by atoms with Gasteiger partial charge in [-0.2, -0.15) is 13.2 Å². The first-order valence-corrected chi connectivity index (χ1v) is 7.83. The molecule has 4 nitrogen and oxygen atoms in total. The summed E-state index contributed by atoms with van der Waals surface area (Å²) in [6.45, 7) is 0.921. The molecule has 0 aromatic heterocycles. The number of halogens is 4. The molecule has 0 radical (unpaired) electrons. The Bertz CT molecular complexity index is 494. The van der Waals surface area contributed by atoms with Crippen LogP contribution in [-0.2, 0) is 14.2 Å². The highest BCUT2D eigenvalue weighted by atomic mass is 79.9. The lowest BCUT2D eigenvalue weighted by Crippen LogP contribution is -2.50. The Balaban J connectivity index is 1.79. The van der Waals surface area contributed by atoms with Crippen LogP contribution in [0.4, 0.5) is 13.2 Å². The van der Waals surface area contributed by atoms with E-state index in [-0.39, 0.29) is 25.9 Å². The monoisotopic (exact) mass is 398 g/mol. The molecule has 1 aliphatic rings. The number of benzene rings is 1. The predicted molar refractivity (Wildman–Crippen MR) is 80.6 cm³/mol. The molecule has 0 aliphatic carbocycles. The Hall–Kier alpha value is -0.830. The topological polar surface area (TPSA) is 36.9 Å². The van der Waals surface area contributed by atoms with Crippen LogP contribution in [-0.4, -0.2) is 50.9 Å². The van der Waals surface area contributed by atoms with Crippen LogP contribution in [0.1, 0.15) is 6.92 Å². The summed E-state index contributed by atoms with van der Waals surface area (Å²) in [7, 11) is 0. The maximum Gasteiger partial charge on any atom is 0.411 e. The standard InChI is InChI=1S/C15H18BrF3O4/c1-14(9-21-10-15(17,18)19)8-20-6-13(23-14)7-22-12-4-2-11(16)3-5-12/h2-5,13H,6-10H2,1H3/t13-,14+/m0/s1. The van der Waals surface area contributed by atoms with Crippen molar-refractivity contribution in [2.24, 2.45) is 0 Å². The van der Waals surface area contributed by atoms with Crippen molar-refractivity contribution in [1.82, 2.24) is 0 Å². The van der Waals surface area contributed by atoms with Gasteiger partial charge in [0.25, 0.3) is 0 Å². The molecule has 0 N–H and O–H groups in total. The van der Waals surface area contributed by atoms with Crippen molar-refractivity contribution in [1.29, 1.82) is 0 Å². The molecular formula is C15H18BrF3O4. The normalized spacial score (nSPS) is 25.3. The van der Waals surface area contributed by atoms with Crippen LogP contribution in [0.3, 0.4) is 0 Å². The van der Waals surface area contributed by atoms with Crippen molar-refractivity contribution < 1.29 is 32.1 Å². The molecule has 0 amide bonds. The predicted octanol–water partition coefficient (Wildman–Crippen LogP) is 3.58. The van der Waals surface area contributed by atoms with Gasteiger partial charge in [-0.05, 0) is 31.2 Å². The lowest BCUT2D eigenvalue weighted by atomic mass is 10.1. The van der Waals surface area contributed by atoms with Gasteiger partial charge in [0.2, 0.25) is 0 Å². The molecule has 130 valence electrons. The third-order valence-electron chi connectivity index (χ3n) is 3.08. The minimum atomic E-state index is -4.35. The molecule has 0 spiro atoms. The molecule has 0 bridgehead atoms. The Morgan fingerprint density at radius 2 is 2.00 bits per heavy atom. The second-order valence-corrected chi connectivity index (χ2v) is 6.49. The number of rotatable bonds is 6. The zero-order valence-electron chi connectivity index (χ0n) is 12.6. The fraction of sp³-hybridized carbons (Fsp3) is 0.600. The van der Waals surface area contributed by atoms with Crippen molar-refractivity contribution in [3.8, 4) is 5.75 Å². The van der Waals surface area contributed by atoms with Gasteiger partial charge in [-0.15, -0.1) is 0 Å². The third kappa shape index (κ3) is 6.66. The maximum atomic E-state index is 12.1. The van der Waals surface area contributed by atoms with Crippen molar-refractivity contribution in [3.63, 3.8) is 0 Å². The SMILES string of the molecule is C[C@]1(COCC(F)(F)F)COC[C@@H](COc2ccc(Br)cc2)O1. The summed E-state index contributed by atoms with van der Waals surface area (Å²) in [6, 6.07) is 7.31. The Kier molecular flexibility index (Phi) is 6.30. The number of hydrogen-bond donors (Lipinski definition) is 0. The summed E-state index contributed by atoms with van der Waals surface area (Å²) in [6.07, 6.45) is -4.72. The highest BCUT2D eigenvalue weighted by Gasteiger charge is 2.36. The zero-order chi connectivity index (χ0) is 16.9. The molecular weight excluding hydrogens is 381 g/mol. The van der Waals surface area contributed by atoms with E-state index < -0.39 is 18.4 Å². The van der Waals surface area contributed by atoms with E-state index in [4.69, 9.17) is 14.2 Å². The summed E-state index contributed by atoms with van der Waals surface area (Å²) < 4.78 is 58.8. The molecule has 1 heterocycles. The van der Waals surface area contributed by atoms with Gasteiger partial charge in [-0.1, -0.05) is 15.9 Å². The van der Waals surface area contributed by atoms with Crippen molar-refractivity contribution >= 4 is 15.9 Å². The fourth-order valence-electron chi connectivity index (χ4n) is 2.14. The average molecular weight is 399 g/mol. The summed E-state index contributed by atoms with van der Waals surface area (Å²) in [4.78, 5) is 0. The molecule has 8 heteroatoms. The highest BCUT2D eigenvalue weighted by Crippen LogP contribution is 2.23. The second kappa shape index (κ2) is 7.83. The van der Waals surface area contributed by atoms with Gasteiger partial charge in [-0.25, -0.2) is 0 Å².